The van der Waals surface area contributed by atoms with Crippen molar-refractivity contribution in [1.29, 1.82) is 0 Å². The van der Waals surface area contributed by atoms with Crippen LogP contribution < -0.4 is 5.32 Å². The number of pyridine rings is 1. The second-order valence-corrected chi connectivity index (χ2v) is 7.34. The Kier molecular flexibility index (Phi) is 4.84. The molecule has 4 rings (SSSR count). The van der Waals surface area contributed by atoms with Gasteiger partial charge in [-0.3, -0.25) is 24.3 Å². The van der Waals surface area contributed by atoms with Crippen LogP contribution in [0.1, 0.15) is 53.0 Å². The average Bonchev–Trinajstić information content (AvgIpc) is 3.24. The molecule has 2 N–H and O–H groups in total. The van der Waals surface area contributed by atoms with Gasteiger partial charge in [0.25, 0.3) is 11.8 Å². The first-order valence-corrected chi connectivity index (χ1v) is 9.51. The molecule has 2 aromatic heterocycles. The lowest BCUT2D eigenvalue weighted by Crippen LogP contribution is -2.37. The van der Waals surface area contributed by atoms with Gasteiger partial charge in [-0.2, -0.15) is 0 Å². The Morgan fingerprint density at radius 2 is 1.93 bits per heavy atom. The maximum absolute atomic E-state index is 12.6. The molecule has 3 aromatic rings. The number of fused-ring (bicyclic) bond motifs is 2. The smallest absolute Gasteiger partial charge is 0.280 e. The number of benzene rings is 1. The predicted molar refractivity (Wildman–Crippen MR) is 106 cm³/mol. The van der Waals surface area contributed by atoms with Crippen molar-refractivity contribution in [3.63, 3.8) is 0 Å². The van der Waals surface area contributed by atoms with Crippen molar-refractivity contribution in [2.24, 2.45) is 5.92 Å². The van der Waals surface area contributed by atoms with E-state index in [2.05, 4.69) is 20.3 Å². The topological polar surface area (TPSA) is 108 Å². The van der Waals surface area contributed by atoms with Crippen molar-refractivity contribution in [1.82, 2.24) is 25.2 Å². The van der Waals surface area contributed by atoms with Crippen LogP contribution in [-0.2, 0) is 4.79 Å². The van der Waals surface area contributed by atoms with E-state index < -0.39 is 11.8 Å². The van der Waals surface area contributed by atoms with Crippen LogP contribution in [0.2, 0.25) is 0 Å². The Balaban J connectivity index is 1.43. The SMILES string of the molecule is CC(C)[C@H](NC(=O)CCN1C(=O)c2cccnc2C1=O)c1nc2ccccc2[nH]1. The number of carbonyl (C=O) groups excluding carboxylic acids is 3. The van der Waals surface area contributed by atoms with Crippen molar-refractivity contribution < 1.29 is 14.4 Å². The first-order chi connectivity index (χ1) is 14.0. The van der Waals surface area contributed by atoms with E-state index in [1.165, 1.54) is 6.20 Å². The van der Waals surface area contributed by atoms with Crippen molar-refractivity contribution in [3.05, 3.63) is 59.7 Å². The third-order valence-electron chi connectivity index (χ3n) is 4.98. The highest BCUT2D eigenvalue weighted by Gasteiger charge is 2.36. The van der Waals surface area contributed by atoms with Gasteiger partial charge in [-0.15, -0.1) is 0 Å². The van der Waals surface area contributed by atoms with E-state index in [-0.39, 0.29) is 42.1 Å². The fourth-order valence-corrected chi connectivity index (χ4v) is 3.45. The molecule has 0 bridgehead atoms. The molecule has 0 saturated carbocycles. The van der Waals surface area contributed by atoms with E-state index in [1.54, 1.807) is 12.1 Å². The second-order valence-electron chi connectivity index (χ2n) is 7.34. The number of rotatable bonds is 6. The van der Waals surface area contributed by atoms with E-state index in [4.69, 9.17) is 0 Å². The van der Waals surface area contributed by atoms with Gasteiger partial charge in [-0.1, -0.05) is 26.0 Å². The average molecular weight is 391 g/mol. The quantitative estimate of drug-likeness (QED) is 0.628. The molecule has 0 saturated heterocycles. The molecule has 1 aliphatic heterocycles. The number of H-pyrrole nitrogens is 1. The second kappa shape index (κ2) is 7.46. The van der Waals surface area contributed by atoms with Gasteiger partial charge >= 0.3 is 0 Å². The number of aromatic nitrogens is 3. The van der Waals surface area contributed by atoms with Crippen LogP contribution in [-0.4, -0.2) is 44.1 Å². The molecule has 3 heterocycles. The summed E-state index contributed by atoms with van der Waals surface area (Å²) in [6.07, 6.45) is 1.48. The summed E-state index contributed by atoms with van der Waals surface area (Å²) in [6, 6.07) is 10.5. The summed E-state index contributed by atoms with van der Waals surface area (Å²) in [4.78, 5) is 50.2. The molecule has 0 radical (unpaired) electrons. The van der Waals surface area contributed by atoms with Gasteiger partial charge in [0.05, 0.1) is 22.6 Å². The molecule has 0 unspecified atom stereocenters. The standard InChI is InChI=1S/C21H21N5O3/c1-12(2)17(19-23-14-7-3-4-8-15(14)24-19)25-16(27)9-11-26-20(28)13-6-5-10-22-18(13)21(26)29/h3-8,10,12,17H,9,11H2,1-2H3,(H,23,24)(H,25,27)/t17-/m0/s1. The Labute approximate surface area is 167 Å². The van der Waals surface area contributed by atoms with Crippen LogP contribution in [0.25, 0.3) is 11.0 Å². The van der Waals surface area contributed by atoms with Crippen LogP contribution in [0.5, 0.6) is 0 Å². The number of nitrogens with zero attached hydrogens (tertiary/aromatic N) is 3. The summed E-state index contributed by atoms with van der Waals surface area (Å²) in [7, 11) is 0. The van der Waals surface area contributed by atoms with Crippen molar-refractivity contribution in [2.45, 2.75) is 26.3 Å². The molecular formula is C21H21N5O3. The molecule has 0 spiro atoms. The first-order valence-electron chi connectivity index (χ1n) is 9.51. The Hall–Kier alpha value is -3.55. The molecule has 8 nitrogen and oxygen atoms in total. The molecule has 3 amide bonds. The van der Waals surface area contributed by atoms with Crippen LogP contribution in [0.4, 0.5) is 0 Å². The summed E-state index contributed by atoms with van der Waals surface area (Å²) < 4.78 is 0. The first kappa shape index (κ1) is 18.8. The third-order valence-corrected chi connectivity index (χ3v) is 4.98. The van der Waals surface area contributed by atoms with Crippen LogP contribution in [0, 0.1) is 5.92 Å². The Morgan fingerprint density at radius 1 is 1.14 bits per heavy atom. The molecule has 148 valence electrons. The number of nitrogens with one attached hydrogen (secondary N) is 2. The summed E-state index contributed by atoms with van der Waals surface area (Å²) >= 11 is 0. The van der Waals surface area contributed by atoms with Crippen LogP contribution in [0.15, 0.2) is 42.6 Å². The molecular weight excluding hydrogens is 370 g/mol. The fourth-order valence-electron chi connectivity index (χ4n) is 3.45. The number of imidazole rings is 1. The van der Waals surface area contributed by atoms with E-state index in [9.17, 15) is 14.4 Å². The van der Waals surface area contributed by atoms with Crippen molar-refractivity contribution >= 4 is 28.8 Å². The van der Waals surface area contributed by atoms with E-state index in [0.29, 0.717) is 5.82 Å². The zero-order valence-electron chi connectivity index (χ0n) is 16.2. The van der Waals surface area contributed by atoms with Crippen molar-refractivity contribution in [2.75, 3.05) is 6.54 Å². The fraction of sp³-hybridized carbons (Fsp3) is 0.286. The Morgan fingerprint density at radius 3 is 2.66 bits per heavy atom. The van der Waals surface area contributed by atoms with Gasteiger partial charge < -0.3 is 10.3 Å². The predicted octanol–water partition coefficient (Wildman–Crippen LogP) is 2.46. The summed E-state index contributed by atoms with van der Waals surface area (Å²) in [5, 5.41) is 2.97. The van der Waals surface area contributed by atoms with E-state index in [1.807, 2.05) is 38.1 Å². The molecule has 8 heteroatoms. The maximum atomic E-state index is 12.6. The maximum Gasteiger partial charge on any atom is 0.280 e. The number of hydrogen-bond donors (Lipinski definition) is 2. The summed E-state index contributed by atoms with van der Waals surface area (Å²) in [5.41, 5.74) is 2.15. The monoisotopic (exact) mass is 391 g/mol. The lowest BCUT2D eigenvalue weighted by atomic mass is 10.0. The lowest BCUT2D eigenvalue weighted by Gasteiger charge is -2.21. The minimum atomic E-state index is -0.462. The van der Waals surface area contributed by atoms with Gasteiger partial charge in [0.1, 0.15) is 11.5 Å². The highest BCUT2D eigenvalue weighted by atomic mass is 16.2. The third kappa shape index (κ3) is 3.49. The highest BCUT2D eigenvalue weighted by molar-refractivity contribution is 6.20. The number of hydrogen-bond acceptors (Lipinski definition) is 5. The van der Waals surface area contributed by atoms with Gasteiger partial charge in [0, 0.05) is 19.2 Å². The molecule has 1 aliphatic rings. The molecule has 0 aliphatic carbocycles. The largest absolute Gasteiger partial charge is 0.346 e. The van der Waals surface area contributed by atoms with Gasteiger partial charge in [-0.05, 0) is 30.2 Å². The number of amides is 3. The zero-order chi connectivity index (χ0) is 20.5. The van der Waals surface area contributed by atoms with Gasteiger partial charge in [0.2, 0.25) is 5.91 Å². The van der Waals surface area contributed by atoms with E-state index >= 15 is 0 Å². The summed E-state index contributed by atoms with van der Waals surface area (Å²) in [5.74, 6) is -0.351. The van der Waals surface area contributed by atoms with Crippen LogP contribution in [0.3, 0.4) is 0 Å². The van der Waals surface area contributed by atoms with Crippen LogP contribution >= 0.6 is 0 Å². The minimum absolute atomic E-state index is 0.00477. The summed E-state index contributed by atoms with van der Waals surface area (Å²) in [6.45, 7) is 3.99. The minimum Gasteiger partial charge on any atom is -0.346 e. The Bertz CT molecular complexity index is 1040. The van der Waals surface area contributed by atoms with E-state index in [0.717, 1.165) is 15.9 Å². The number of carbonyl (C=O) groups is 3. The highest BCUT2D eigenvalue weighted by Crippen LogP contribution is 2.23. The van der Waals surface area contributed by atoms with Crippen molar-refractivity contribution in [3.8, 4) is 0 Å². The van der Waals surface area contributed by atoms with Gasteiger partial charge in [0.15, 0.2) is 0 Å². The number of imide groups is 1. The zero-order valence-corrected chi connectivity index (χ0v) is 16.2. The molecule has 29 heavy (non-hydrogen) atoms. The molecule has 0 fully saturated rings. The number of aromatic amines is 1. The molecule has 1 aromatic carbocycles. The molecule has 1 atom stereocenters. The lowest BCUT2D eigenvalue weighted by molar-refractivity contribution is -0.122. The van der Waals surface area contributed by atoms with Gasteiger partial charge in [-0.25, -0.2) is 4.98 Å². The number of para-hydroxylation sites is 2. The normalized spacial score (nSPS) is 14.5.